The number of fused-ring (bicyclic) bond motifs is 1. The Bertz CT molecular complexity index is 1560. The van der Waals surface area contributed by atoms with Crippen LogP contribution in [0.5, 0.6) is 11.5 Å². The number of aliphatic hydroxyl groups excluding tert-OH is 1. The predicted molar refractivity (Wildman–Crippen MR) is 130 cm³/mol. The summed E-state index contributed by atoms with van der Waals surface area (Å²) >= 11 is 0. The highest BCUT2D eigenvalue weighted by atomic mass is 19.4. The molecule has 9 heteroatoms. The van der Waals surface area contributed by atoms with E-state index in [4.69, 9.17) is 0 Å². The van der Waals surface area contributed by atoms with Gasteiger partial charge in [-0.05, 0) is 46.7 Å². The van der Waals surface area contributed by atoms with Gasteiger partial charge in [0.05, 0.1) is 11.6 Å². The van der Waals surface area contributed by atoms with Crippen LogP contribution in [-0.2, 0) is 9.59 Å². The number of anilines is 1. The Kier molecular flexibility index (Phi) is 5.83. The summed E-state index contributed by atoms with van der Waals surface area (Å²) in [6.07, 6.45) is -4.96. The van der Waals surface area contributed by atoms with Crippen molar-refractivity contribution in [3.8, 4) is 11.5 Å². The molecule has 1 atom stereocenters. The first kappa shape index (κ1) is 23.9. The van der Waals surface area contributed by atoms with E-state index in [1.165, 1.54) is 36.4 Å². The van der Waals surface area contributed by atoms with Crippen molar-refractivity contribution in [1.29, 1.82) is 0 Å². The maximum absolute atomic E-state index is 13.3. The van der Waals surface area contributed by atoms with Gasteiger partial charge in [-0.3, -0.25) is 14.5 Å². The molecule has 1 fully saturated rings. The zero-order chi connectivity index (χ0) is 26.3. The van der Waals surface area contributed by atoms with Gasteiger partial charge in [0.2, 0.25) is 0 Å². The average Bonchev–Trinajstić information content (AvgIpc) is 3.13. The fourth-order valence-electron chi connectivity index (χ4n) is 4.39. The molecular weight excluding hydrogens is 487 g/mol. The summed E-state index contributed by atoms with van der Waals surface area (Å²) < 4.78 is 42.4. The number of phenols is 1. The molecule has 0 saturated carbocycles. The number of amides is 1. The number of alkyl halides is 3. The molecule has 1 aliphatic heterocycles. The van der Waals surface area contributed by atoms with Crippen LogP contribution in [0.1, 0.15) is 17.2 Å². The molecule has 4 aromatic rings. The van der Waals surface area contributed by atoms with Crippen molar-refractivity contribution in [2.45, 2.75) is 12.4 Å². The molecule has 0 spiro atoms. The number of benzene rings is 4. The maximum atomic E-state index is 13.3. The number of aliphatic hydroxyl groups is 1. The lowest BCUT2D eigenvalue weighted by atomic mass is 9.94. The molecule has 1 aliphatic rings. The first-order valence-electron chi connectivity index (χ1n) is 11.1. The fourth-order valence-corrected chi connectivity index (χ4v) is 4.39. The molecule has 0 bridgehead atoms. The Morgan fingerprint density at radius 1 is 0.838 bits per heavy atom. The van der Waals surface area contributed by atoms with Crippen LogP contribution < -0.4 is 9.64 Å². The zero-order valence-corrected chi connectivity index (χ0v) is 18.9. The van der Waals surface area contributed by atoms with Crippen molar-refractivity contribution in [2.24, 2.45) is 0 Å². The Balaban J connectivity index is 1.68. The number of rotatable bonds is 4. The van der Waals surface area contributed by atoms with E-state index >= 15 is 0 Å². The minimum Gasteiger partial charge on any atom is -0.508 e. The van der Waals surface area contributed by atoms with Gasteiger partial charge in [-0.1, -0.05) is 54.6 Å². The number of aromatic hydroxyl groups is 1. The second-order valence-electron chi connectivity index (χ2n) is 8.37. The molecule has 5 rings (SSSR count). The fraction of sp³-hybridized carbons (Fsp3) is 0.0714. The number of hydrogen-bond donors (Lipinski definition) is 2. The molecule has 1 unspecified atom stereocenters. The summed E-state index contributed by atoms with van der Waals surface area (Å²) in [7, 11) is 0. The topological polar surface area (TPSA) is 87.1 Å². The Labute approximate surface area is 208 Å². The summed E-state index contributed by atoms with van der Waals surface area (Å²) in [5.74, 6) is -3.13. The van der Waals surface area contributed by atoms with Crippen LogP contribution >= 0.6 is 0 Å². The van der Waals surface area contributed by atoms with Gasteiger partial charge in [0.25, 0.3) is 11.7 Å². The molecule has 37 heavy (non-hydrogen) atoms. The summed E-state index contributed by atoms with van der Waals surface area (Å²) in [5.41, 5.74) is 0.351. The molecular formula is C28H18F3NO5. The van der Waals surface area contributed by atoms with Crippen LogP contribution in [0.4, 0.5) is 18.9 Å². The van der Waals surface area contributed by atoms with E-state index in [-0.39, 0.29) is 22.6 Å². The van der Waals surface area contributed by atoms with Gasteiger partial charge >= 0.3 is 6.36 Å². The Morgan fingerprint density at radius 3 is 2.24 bits per heavy atom. The van der Waals surface area contributed by atoms with Crippen LogP contribution in [0.3, 0.4) is 0 Å². The van der Waals surface area contributed by atoms with Gasteiger partial charge < -0.3 is 14.9 Å². The number of carbonyl (C=O) groups is 2. The summed E-state index contributed by atoms with van der Waals surface area (Å²) in [5, 5.41) is 22.7. The van der Waals surface area contributed by atoms with Gasteiger partial charge in [-0.2, -0.15) is 0 Å². The van der Waals surface area contributed by atoms with Gasteiger partial charge in [0.1, 0.15) is 17.3 Å². The third-order valence-electron chi connectivity index (χ3n) is 6.01. The van der Waals surface area contributed by atoms with E-state index in [1.54, 1.807) is 18.2 Å². The van der Waals surface area contributed by atoms with Gasteiger partial charge in [0.15, 0.2) is 0 Å². The van der Waals surface area contributed by atoms with E-state index in [1.807, 2.05) is 24.3 Å². The lowest BCUT2D eigenvalue weighted by Crippen LogP contribution is -2.29. The maximum Gasteiger partial charge on any atom is 0.573 e. The third kappa shape index (κ3) is 4.58. The highest BCUT2D eigenvalue weighted by molar-refractivity contribution is 6.51. The van der Waals surface area contributed by atoms with Gasteiger partial charge in [0, 0.05) is 17.3 Å². The standard InChI is InChI=1S/C28H18F3NO5/c29-28(30,31)37-22-7-3-6-20(15-22)32-24(17-10-12-21(33)13-11-17)23(26(35)27(32)36)25(34)19-9-8-16-4-1-2-5-18(16)14-19/h1-15,24,33-34H/b25-23-. The molecule has 6 nitrogen and oxygen atoms in total. The van der Waals surface area contributed by atoms with Crippen molar-refractivity contribution in [2.75, 3.05) is 4.90 Å². The number of ketones is 1. The molecule has 2 N–H and O–H groups in total. The highest BCUT2D eigenvalue weighted by Gasteiger charge is 2.47. The van der Waals surface area contributed by atoms with E-state index in [0.29, 0.717) is 5.56 Å². The first-order valence-corrected chi connectivity index (χ1v) is 11.1. The molecule has 0 aromatic heterocycles. The molecule has 0 aliphatic carbocycles. The molecule has 1 heterocycles. The lowest BCUT2D eigenvalue weighted by molar-refractivity contribution is -0.274. The number of phenolic OH excluding ortho intramolecular Hbond substituents is 1. The van der Waals surface area contributed by atoms with Crippen molar-refractivity contribution < 1.29 is 37.7 Å². The molecule has 186 valence electrons. The lowest BCUT2D eigenvalue weighted by Gasteiger charge is -2.26. The van der Waals surface area contributed by atoms with Crippen LogP contribution in [0.2, 0.25) is 0 Å². The Hall–Kier alpha value is -4.79. The van der Waals surface area contributed by atoms with Crippen molar-refractivity contribution in [3.63, 3.8) is 0 Å². The van der Waals surface area contributed by atoms with Crippen molar-refractivity contribution in [3.05, 3.63) is 108 Å². The number of nitrogens with zero attached hydrogens (tertiary/aromatic N) is 1. The van der Waals surface area contributed by atoms with Crippen molar-refractivity contribution >= 4 is 33.9 Å². The predicted octanol–water partition coefficient (Wildman–Crippen LogP) is 6.07. The van der Waals surface area contributed by atoms with E-state index in [9.17, 15) is 33.0 Å². The zero-order valence-electron chi connectivity index (χ0n) is 18.9. The molecule has 4 aromatic carbocycles. The summed E-state index contributed by atoms with van der Waals surface area (Å²) in [6.45, 7) is 0. The van der Waals surface area contributed by atoms with Crippen LogP contribution in [0.15, 0.2) is 96.6 Å². The van der Waals surface area contributed by atoms with Crippen LogP contribution in [0.25, 0.3) is 16.5 Å². The number of halogens is 3. The molecule has 0 radical (unpaired) electrons. The highest BCUT2D eigenvalue weighted by Crippen LogP contribution is 2.43. The van der Waals surface area contributed by atoms with E-state index in [2.05, 4.69) is 4.74 Å². The quantitative estimate of drug-likeness (QED) is 0.200. The van der Waals surface area contributed by atoms with Gasteiger partial charge in [-0.25, -0.2) is 0 Å². The van der Waals surface area contributed by atoms with Crippen LogP contribution in [0, 0.1) is 0 Å². The summed E-state index contributed by atoms with van der Waals surface area (Å²) in [4.78, 5) is 27.5. The minimum absolute atomic E-state index is 0.0421. The smallest absolute Gasteiger partial charge is 0.508 e. The van der Waals surface area contributed by atoms with Crippen molar-refractivity contribution in [1.82, 2.24) is 0 Å². The number of carbonyl (C=O) groups excluding carboxylic acids is 2. The summed E-state index contributed by atoms with van der Waals surface area (Å²) in [6, 6.07) is 21.5. The normalized spacial score (nSPS) is 17.4. The third-order valence-corrected chi connectivity index (χ3v) is 6.01. The number of hydrogen-bond acceptors (Lipinski definition) is 5. The number of ether oxygens (including phenoxy) is 1. The minimum atomic E-state index is -4.96. The first-order chi connectivity index (χ1) is 17.6. The largest absolute Gasteiger partial charge is 0.573 e. The second kappa shape index (κ2) is 9.02. The monoisotopic (exact) mass is 505 g/mol. The van der Waals surface area contributed by atoms with E-state index in [0.717, 1.165) is 27.8 Å². The number of Topliss-reactive ketones (excluding diaryl/α,β-unsaturated/α-hetero) is 1. The molecule has 1 saturated heterocycles. The average molecular weight is 505 g/mol. The second-order valence-corrected chi connectivity index (χ2v) is 8.37. The van der Waals surface area contributed by atoms with E-state index < -0.39 is 35.6 Å². The van der Waals surface area contributed by atoms with Gasteiger partial charge in [-0.15, -0.1) is 13.2 Å². The SMILES string of the molecule is O=C1C(=O)N(c2cccc(OC(F)(F)F)c2)C(c2ccc(O)cc2)/C1=C(/O)c1ccc2ccccc2c1. The Morgan fingerprint density at radius 2 is 1.54 bits per heavy atom. The molecule has 1 amide bonds. The van der Waals surface area contributed by atoms with Crippen LogP contribution in [-0.4, -0.2) is 28.3 Å².